The number of hydrogen-bond donors (Lipinski definition) is 0. The van der Waals surface area contributed by atoms with E-state index < -0.39 is 0 Å². The Morgan fingerprint density at radius 2 is 1.77 bits per heavy atom. The van der Waals surface area contributed by atoms with Crippen molar-refractivity contribution in [2.75, 3.05) is 46.8 Å². The van der Waals surface area contributed by atoms with E-state index in [0.717, 1.165) is 16.1 Å². The van der Waals surface area contributed by atoms with E-state index in [0.29, 0.717) is 44.8 Å². The lowest BCUT2D eigenvalue weighted by molar-refractivity contribution is -0.130. The topological polar surface area (TPSA) is 61.7 Å². The van der Waals surface area contributed by atoms with E-state index in [1.54, 1.807) is 30.3 Å². The number of carbonyl (C=O) groups is 2. The molecule has 0 aliphatic carbocycles. The van der Waals surface area contributed by atoms with E-state index >= 15 is 0 Å². The molecule has 1 aliphatic rings. The highest BCUT2D eigenvalue weighted by Gasteiger charge is 2.27. The Bertz CT molecular complexity index is 1020. The summed E-state index contributed by atoms with van der Waals surface area (Å²) < 4.78 is 1.85. The quantitative estimate of drug-likeness (QED) is 0.595. The molecule has 162 valence electrons. The van der Waals surface area contributed by atoms with E-state index in [-0.39, 0.29) is 11.8 Å². The van der Waals surface area contributed by atoms with Crippen molar-refractivity contribution in [3.8, 4) is 10.6 Å². The van der Waals surface area contributed by atoms with Crippen molar-refractivity contribution in [1.82, 2.24) is 24.5 Å². The Morgan fingerprint density at radius 3 is 2.42 bits per heavy atom. The molecule has 0 spiro atoms. The van der Waals surface area contributed by atoms with Gasteiger partial charge in [-0.3, -0.25) is 19.2 Å². The van der Waals surface area contributed by atoms with E-state index in [2.05, 4.69) is 17.0 Å². The molecule has 2 amide bonds. The Kier molecular flexibility index (Phi) is 6.48. The van der Waals surface area contributed by atoms with Gasteiger partial charge in [-0.25, -0.2) is 0 Å². The van der Waals surface area contributed by atoms with Crippen LogP contribution >= 0.6 is 11.3 Å². The van der Waals surface area contributed by atoms with Crippen LogP contribution < -0.4 is 0 Å². The molecule has 4 rings (SSSR count). The van der Waals surface area contributed by atoms with Gasteiger partial charge in [-0.1, -0.05) is 36.4 Å². The number of amides is 2. The van der Waals surface area contributed by atoms with Crippen LogP contribution in [-0.2, 0) is 11.3 Å². The maximum absolute atomic E-state index is 13.4. The number of thiophene rings is 1. The minimum Gasteiger partial charge on any atom is -0.348 e. The molecule has 1 aromatic carbocycles. The van der Waals surface area contributed by atoms with E-state index in [9.17, 15) is 9.59 Å². The zero-order valence-electron chi connectivity index (χ0n) is 17.9. The molecule has 0 saturated carbocycles. The van der Waals surface area contributed by atoms with Gasteiger partial charge in [-0.05, 0) is 17.0 Å². The van der Waals surface area contributed by atoms with Crippen molar-refractivity contribution >= 4 is 23.2 Å². The van der Waals surface area contributed by atoms with Gasteiger partial charge in [0.1, 0.15) is 5.69 Å². The second-order valence-electron chi connectivity index (χ2n) is 7.91. The number of benzene rings is 1. The molecule has 0 radical (unpaired) electrons. The van der Waals surface area contributed by atoms with Gasteiger partial charge in [-0.2, -0.15) is 5.10 Å². The molecule has 0 atom stereocenters. The van der Waals surface area contributed by atoms with E-state index in [1.165, 1.54) is 0 Å². The Hall–Kier alpha value is -2.97. The largest absolute Gasteiger partial charge is 0.348 e. The number of carbonyl (C=O) groups excluding carboxylic acids is 2. The van der Waals surface area contributed by atoms with Gasteiger partial charge in [0.2, 0.25) is 5.91 Å². The number of nitrogens with zero attached hydrogens (tertiary/aromatic N) is 5. The normalized spacial score (nSPS) is 14.6. The standard InChI is InChI=1S/C23H27N5O2S/c1-25(2)21(29)17-26-10-12-27(13-11-26)23(30)19-16-28(15-18-7-4-3-5-8-18)24-22(19)20-9-6-14-31-20/h3-9,14,16H,10-13,15,17H2,1-2H3. The fourth-order valence-electron chi connectivity index (χ4n) is 3.64. The maximum Gasteiger partial charge on any atom is 0.257 e. The molecule has 1 fully saturated rings. The fraction of sp³-hybridized carbons (Fsp3) is 0.348. The summed E-state index contributed by atoms with van der Waals surface area (Å²) in [5.41, 5.74) is 2.51. The number of piperazine rings is 1. The third kappa shape index (κ3) is 5.03. The summed E-state index contributed by atoms with van der Waals surface area (Å²) in [7, 11) is 3.53. The van der Waals surface area contributed by atoms with Gasteiger partial charge in [0.25, 0.3) is 5.91 Å². The first-order chi connectivity index (χ1) is 15.0. The van der Waals surface area contributed by atoms with Crippen LogP contribution in [0.5, 0.6) is 0 Å². The smallest absolute Gasteiger partial charge is 0.257 e. The average molecular weight is 438 g/mol. The highest BCUT2D eigenvalue weighted by atomic mass is 32.1. The SMILES string of the molecule is CN(C)C(=O)CN1CCN(C(=O)c2cn(Cc3ccccc3)nc2-c2cccs2)CC1. The Balaban J connectivity index is 1.50. The molecule has 8 heteroatoms. The summed E-state index contributed by atoms with van der Waals surface area (Å²) >= 11 is 1.59. The predicted molar refractivity (Wildman–Crippen MR) is 122 cm³/mol. The summed E-state index contributed by atoms with van der Waals surface area (Å²) in [6.07, 6.45) is 1.87. The van der Waals surface area contributed by atoms with Crippen molar-refractivity contribution in [3.63, 3.8) is 0 Å². The Morgan fingerprint density at radius 1 is 1.03 bits per heavy atom. The van der Waals surface area contributed by atoms with Crippen LogP contribution in [0.15, 0.2) is 54.0 Å². The van der Waals surface area contributed by atoms with Crippen LogP contribution in [0.4, 0.5) is 0 Å². The summed E-state index contributed by atoms with van der Waals surface area (Å²) in [5.74, 6) is 0.0863. The first-order valence-corrected chi connectivity index (χ1v) is 11.3. The molecule has 1 aliphatic heterocycles. The van der Waals surface area contributed by atoms with Crippen LogP contribution in [0.3, 0.4) is 0 Å². The third-order valence-corrected chi connectivity index (χ3v) is 6.33. The lowest BCUT2D eigenvalue weighted by Gasteiger charge is -2.34. The molecular weight excluding hydrogens is 410 g/mol. The minimum atomic E-state index is 0.00120. The molecule has 1 saturated heterocycles. The lowest BCUT2D eigenvalue weighted by atomic mass is 10.1. The van der Waals surface area contributed by atoms with Crippen molar-refractivity contribution in [1.29, 1.82) is 0 Å². The molecule has 3 aromatic rings. The number of rotatable bonds is 6. The van der Waals surface area contributed by atoms with Crippen LogP contribution in [0, 0.1) is 0 Å². The average Bonchev–Trinajstić information content (AvgIpc) is 3.44. The maximum atomic E-state index is 13.4. The molecule has 0 unspecified atom stereocenters. The monoisotopic (exact) mass is 437 g/mol. The molecular formula is C23H27N5O2S. The van der Waals surface area contributed by atoms with Crippen molar-refractivity contribution < 1.29 is 9.59 Å². The summed E-state index contributed by atoms with van der Waals surface area (Å²) in [5, 5.41) is 6.76. The van der Waals surface area contributed by atoms with Crippen LogP contribution in [0.2, 0.25) is 0 Å². The minimum absolute atomic E-state index is 0.00120. The lowest BCUT2D eigenvalue weighted by Crippen LogP contribution is -2.51. The molecule has 2 aromatic heterocycles. The van der Waals surface area contributed by atoms with E-state index in [4.69, 9.17) is 5.10 Å². The molecule has 3 heterocycles. The molecule has 0 N–H and O–H groups in total. The first-order valence-electron chi connectivity index (χ1n) is 10.4. The van der Waals surface area contributed by atoms with E-state index in [1.807, 2.05) is 51.5 Å². The Labute approximate surface area is 186 Å². The van der Waals surface area contributed by atoms with Crippen molar-refractivity contribution in [2.45, 2.75) is 6.54 Å². The van der Waals surface area contributed by atoms with Crippen LogP contribution in [0.25, 0.3) is 10.6 Å². The van der Waals surface area contributed by atoms with Crippen LogP contribution in [-0.4, -0.2) is 83.1 Å². The number of aromatic nitrogens is 2. The third-order valence-electron chi connectivity index (χ3n) is 5.45. The van der Waals surface area contributed by atoms with Gasteiger partial charge >= 0.3 is 0 Å². The highest BCUT2D eigenvalue weighted by Crippen LogP contribution is 2.28. The highest BCUT2D eigenvalue weighted by molar-refractivity contribution is 7.13. The summed E-state index contributed by atoms with van der Waals surface area (Å²) in [6.45, 7) is 3.60. The van der Waals surface area contributed by atoms with Crippen LogP contribution in [0.1, 0.15) is 15.9 Å². The summed E-state index contributed by atoms with van der Waals surface area (Å²) in [4.78, 5) is 31.9. The second kappa shape index (κ2) is 9.45. The predicted octanol–water partition coefficient (Wildman–Crippen LogP) is 2.51. The first kappa shape index (κ1) is 21.3. The molecule has 0 bridgehead atoms. The number of hydrogen-bond acceptors (Lipinski definition) is 5. The van der Waals surface area contributed by atoms with Gasteiger partial charge in [0, 0.05) is 46.5 Å². The zero-order valence-corrected chi connectivity index (χ0v) is 18.7. The van der Waals surface area contributed by atoms with Gasteiger partial charge in [0.15, 0.2) is 0 Å². The fourth-order valence-corrected chi connectivity index (χ4v) is 4.36. The number of likely N-dealkylation sites (N-methyl/N-ethyl adjacent to an activating group) is 1. The van der Waals surface area contributed by atoms with Crippen molar-refractivity contribution in [3.05, 3.63) is 65.2 Å². The van der Waals surface area contributed by atoms with Gasteiger partial charge in [0.05, 0.1) is 23.5 Å². The van der Waals surface area contributed by atoms with Gasteiger partial charge < -0.3 is 9.80 Å². The molecule has 31 heavy (non-hydrogen) atoms. The zero-order chi connectivity index (χ0) is 21.8. The van der Waals surface area contributed by atoms with Crippen molar-refractivity contribution in [2.24, 2.45) is 0 Å². The second-order valence-corrected chi connectivity index (χ2v) is 8.86. The molecule has 7 nitrogen and oxygen atoms in total. The van der Waals surface area contributed by atoms with Gasteiger partial charge in [-0.15, -0.1) is 11.3 Å². The summed E-state index contributed by atoms with van der Waals surface area (Å²) in [6, 6.07) is 14.1.